The van der Waals surface area contributed by atoms with E-state index in [4.69, 9.17) is 9.97 Å². The number of anilines is 3. The Hall–Kier alpha value is -2.95. The van der Waals surface area contributed by atoms with Crippen molar-refractivity contribution in [2.45, 2.75) is 45.6 Å². The monoisotopic (exact) mass is 359 g/mol. The first kappa shape index (κ1) is 17.5. The Bertz CT molecular complexity index is 917. The second kappa shape index (κ2) is 7.74. The summed E-state index contributed by atoms with van der Waals surface area (Å²) in [5.41, 5.74) is 5.13. The molecule has 2 aromatic heterocycles. The second-order valence-electron chi connectivity index (χ2n) is 7.25. The zero-order valence-electron chi connectivity index (χ0n) is 15.9. The summed E-state index contributed by atoms with van der Waals surface area (Å²) < 4.78 is 0. The van der Waals surface area contributed by atoms with Crippen molar-refractivity contribution in [2.24, 2.45) is 0 Å². The van der Waals surface area contributed by atoms with Gasteiger partial charge in [0.25, 0.3) is 0 Å². The Kier molecular flexibility index (Phi) is 5.01. The molecule has 1 fully saturated rings. The lowest BCUT2D eigenvalue weighted by molar-refractivity contribution is 0.744. The Morgan fingerprint density at radius 2 is 1.78 bits per heavy atom. The fourth-order valence-corrected chi connectivity index (χ4v) is 3.48. The van der Waals surface area contributed by atoms with Gasteiger partial charge in [0.05, 0.1) is 11.4 Å². The molecule has 4 rings (SSSR count). The Morgan fingerprint density at radius 1 is 0.926 bits per heavy atom. The van der Waals surface area contributed by atoms with E-state index in [1.807, 2.05) is 24.3 Å². The van der Waals surface area contributed by atoms with Gasteiger partial charge in [-0.3, -0.25) is 4.98 Å². The van der Waals surface area contributed by atoms with Gasteiger partial charge in [-0.05, 0) is 56.0 Å². The molecule has 1 saturated carbocycles. The molecule has 5 heteroatoms. The Morgan fingerprint density at radius 3 is 2.56 bits per heavy atom. The van der Waals surface area contributed by atoms with Crippen molar-refractivity contribution in [1.29, 1.82) is 0 Å². The van der Waals surface area contributed by atoms with Crippen LogP contribution in [0.5, 0.6) is 0 Å². The molecule has 0 radical (unpaired) electrons. The van der Waals surface area contributed by atoms with Crippen LogP contribution >= 0.6 is 0 Å². The number of nitrogens with zero attached hydrogens (tertiary/aromatic N) is 3. The maximum atomic E-state index is 4.73. The Labute approximate surface area is 160 Å². The predicted molar refractivity (Wildman–Crippen MR) is 110 cm³/mol. The zero-order chi connectivity index (χ0) is 18.6. The lowest BCUT2D eigenvalue weighted by Crippen LogP contribution is -2.17. The van der Waals surface area contributed by atoms with Crippen molar-refractivity contribution in [3.63, 3.8) is 0 Å². The fourth-order valence-electron chi connectivity index (χ4n) is 3.48. The van der Waals surface area contributed by atoms with Crippen molar-refractivity contribution in [2.75, 3.05) is 10.6 Å². The Balaban J connectivity index is 1.69. The van der Waals surface area contributed by atoms with Crippen LogP contribution in [-0.4, -0.2) is 21.0 Å². The van der Waals surface area contributed by atoms with Gasteiger partial charge in [-0.1, -0.05) is 31.0 Å². The highest BCUT2D eigenvalue weighted by Crippen LogP contribution is 2.26. The van der Waals surface area contributed by atoms with Crippen LogP contribution < -0.4 is 10.6 Å². The lowest BCUT2D eigenvalue weighted by atomic mass is 10.1. The normalized spacial score (nSPS) is 14.3. The van der Waals surface area contributed by atoms with Crippen LogP contribution in [0.1, 0.15) is 36.8 Å². The molecule has 3 aromatic rings. The van der Waals surface area contributed by atoms with Crippen molar-refractivity contribution < 1.29 is 0 Å². The van der Waals surface area contributed by atoms with Gasteiger partial charge < -0.3 is 10.6 Å². The maximum absolute atomic E-state index is 4.73. The van der Waals surface area contributed by atoms with Crippen molar-refractivity contribution >= 4 is 17.5 Å². The molecule has 0 spiro atoms. The standard InChI is InChI=1S/C22H25N5/c1-15-10-11-16(2)19(13-15)25-21-14-20(18-9-5-6-12-23-18)26-22(27-21)24-17-7-3-4-8-17/h5-6,9-14,17H,3-4,7-8H2,1-2H3,(H2,24,25,26,27). The SMILES string of the molecule is Cc1ccc(C)c(Nc2cc(-c3ccccn3)nc(NC3CCCC3)n2)c1. The topological polar surface area (TPSA) is 62.7 Å². The number of aryl methyl sites for hydroxylation is 2. The summed E-state index contributed by atoms with van der Waals surface area (Å²) in [5, 5.41) is 6.98. The van der Waals surface area contributed by atoms with E-state index in [2.05, 4.69) is 47.7 Å². The maximum Gasteiger partial charge on any atom is 0.225 e. The van der Waals surface area contributed by atoms with E-state index < -0.39 is 0 Å². The van der Waals surface area contributed by atoms with E-state index in [1.54, 1.807) is 6.20 Å². The first-order chi connectivity index (χ1) is 13.2. The van der Waals surface area contributed by atoms with Gasteiger partial charge in [-0.2, -0.15) is 4.98 Å². The van der Waals surface area contributed by atoms with Gasteiger partial charge >= 0.3 is 0 Å². The summed E-state index contributed by atoms with van der Waals surface area (Å²) in [6.07, 6.45) is 6.68. The van der Waals surface area contributed by atoms with Crippen molar-refractivity contribution in [3.05, 3.63) is 59.8 Å². The number of rotatable bonds is 5. The molecule has 0 bridgehead atoms. The van der Waals surface area contributed by atoms with E-state index in [0.717, 1.165) is 22.9 Å². The average Bonchev–Trinajstić information content (AvgIpc) is 3.18. The number of aromatic nitrogens is 3. The van der Waals surface area contributed by atoms with Crippen LogP contribution in [0.15, 0.2) is 48.7 Å². The zero-order valence-corrected chi connectivity index (χ0v) is 15.9. The van der Waals surface area contributed by atoms with Crippen molar-refractivity contribution in [3.8, 4) is 11.4 Å². The highest BCUT2D eigenvalue weighted by molar-refractivity contribution is 5.67. The van der Waals surface area contributed by atoms with E-state index in [9.17, 15) is 0 Å². The molecule has 1 aliphatic rings. The molecule has 0 unspecified atom stereocenters. The van der Waals surface area contributed by atoms with Crippen LogP contribution in [0.25, 0.3) is 11.4 Å². The molecular formula is C22H25N5. The summed E-state index contributed by atoms with van der Waals surface area (Å²) in [6.45, 7) is 4.19. The van der Waals surface area contributed by atoms with Crippen LogP contribution in [0.3, 0.4) is 0 Å². The summed E-state index contributed by atoms with van der Waals surface area (Å²) in [6, 6.07) is 14.7. The summed E-state index contributed by atoms with van der Waals surface area (Å²) in [4.78, 5) is 13.9. The fraction of sp³-hybridized carbons (Fsp3) is 0.318. The van der Waals surface area contributed by atoms with Crippen LogP contribution in [0.2, 0.25) is 0 Å². The van der Waals surface area contributed by atoms with Gasteiger partial charge in [-0.15, -0.1) is 0 Å². The first-order valence-corrected chi connectivity index (χ1v) is 9.59. The molecule has 2 N–H and O–H groups in total. The molecule has 0 atom stereocenters. The van der Waals surface area contributed by atoms with E-state index >= 15 is 0 Å². The molecule has 138 valence electrons. The smallest absolute Gasteiger partial charge is 0.225 e. The molecule has 1 aromatic carbocycles. The number of hydrogen-bond acceptors (Lipinski definition) is 5. The van der Waals surface area contributed by atoms with Gasteiger partial charge in [-0.25, -0.2) is 4.98 Å². The predicted octanol–water partition coefficient (Wildman–Crippen LogP) is 5.25. The first-order valence-electron chi connectivity index (χ1n) is 9.59. The quantitative estimate of drug-likeness (QED) is 0.651. The summed E-state index contributed by atoms with van der Waals surface area (Å²) in [5.74, 6) is 1.44. The number of pyridine rings is 1. The average molecular weight is 359 g/mol. The van der Waals surface area contributed by atoms with Crippen LogP contribution in [0.4, 0.5) is 17.5 Å². The van der Waals surface area contributed by atoms with Crippen LogP contribution in [-0.2, 0) is 0 Å². The van der Waals surface area contributed by atoms with Gasteiger partial charge in [0.1, 0.15) is 5.82 Å². The molecule has 5 nitrogen and oxygen atoms in total. The molecule has 0 saturated heterocycles. The molecule has 1 aliphatic carbocycles. The lowest BCUT2D eigenvalue weighted by Gasteiger charge is -2.15. The molecule has 0 aliphatic heterocycles. The minimum absolute atomic E-state index is 0.456. The van der Waals surface area contributed by atoms with Crippen molar-refractivity contribution in [1.82, 2.24) is 15.0 Å². The van der Waals surface area contributed by atoms with Gasteiger partial charge in [0, 0.05) is 24.0 Å². The molecule has 0 amide bonds. The van der Waals surface area contributed by atoms with E-state index in [-0.39, 0.29) is 0 Å². The molecular weight excluding hydrogens is 334 g/mol. The molecule has 2 heterocycles. The minimum Gasteiger partial charge on any atom is -0.351 e. The van der Waals surface area contributed by atoms with E-state index in [0.29, 0.717) is 12.0 Å². The van der Waals surface area contributed by atoms with E-state index in [1.165, 1.54) is 36.8 Å². The minimum atomic E-state index is 0.456. The van der Waals surface area contributed by atoms with Gasteiger partial charge in [0.2, 0.25) is 5.95 Å². The number of nitrogens with one attached hydrogen (secondary N) is 2. The highest BCUT2D eigenvalue weighted by Gasteiger charge is 2.17. The highest BCUT2D eigenvalue weighted by atomic mass is 15.2. The third-order valence-corrected chi connectivity index (χ3v) is 5.00. The van der Waals surface area contributed by atoms with Gasteiger partial charge in [0.15, 0.2) is 0 Å². The second-order valence-corrected chi connectivity index (χ2v) is 7.25. The summed E-state index contributed by atoms with van der Waals surface area (Å²) in [7, 11) is 0. The number of benzene rings is 1. The largest absolute Gasteiger partial charge is 0.351 e. The third-order valence-electron chi connectivity index (χ3n) is 5.00. The third kappa shape index (κ3) is 4.25. The number of hydrogen-bond donors (Lipinski definition) is 2. The summed E-state index contributed by atoms with van der Waals surface area (Å²) >= 11 is 0. The van der Waals surface area contributed by atoms with Crippen LogP contribution in [0, 0.1) is 13.8 Å². The molecule has 27 heavy (non-hydrogen) atoms.